The number of nitrogens with zero attached hydrogens (tertiary/aromatic N) is 1. The van der Waals surface area contributed by atoms with E-state index in [4.69, 9.17) is 5.73 Å². The summed E-state index contributed by atoms with van der Waals surface area (Å²) in [7, 11) is 0. The second-order valence-corrected chi connectivity index (χ2v) is 2.46. The Morgan fingerprint density at radius 3 is 3.00 bits per heavy atom. The molecule has 4 heteroatoms. The molecule has 60 valence electrons. The predicted octanol–water partition coefficient (Wildman–Crippen LogP) is 0.751. The lowest BCUT2D eigenvalue weighted by atomic mass is 10.2. The first-order valence-corrected chi connectivity index (χ1v) is 3.49. The molecule has 0 heterocycles. The predicted molar refractivity (Wildman–Crippen MR) is 43.1 cm³/mol. The number of primary amides is 1. The molecule has 0 spiro atoms. The van der Waals surface area contributed by atoms with Gasteiger partial charge in [0.2, 0.25) is 0 Å². The molecule has 11 heavy (non-hydrogen) atoms. The van der Waals surface area contributed by atoms with E-state index in [0.29, 0.717) is 0 Å². The second kappa shape index (κ2) is 3.18. The monoisotopic (exact) mass is 153 g/mol. The molecule has 4 nitrogen and oxygen atoms in total. The number of urea groups is 1. The van der Waals surface area contributed by atoms with E-state index in [0.717, 1.165) is 24.1 Å². The summed E-state index contributed by atoms with van der Waals surface area (Å²) in [6.45, 7) is 1.97. The van der Waals surface area contributed by atoms with Crippen molar-refractivity contribution in [1.82, 2.24) is 5.43 Å². The number of hydrogen-bond donors (Lipinski definition) is 2. The first-order valence-electron chi connectivity index (χ1n) is 3.49. The van der Waals surface area contributed by atoms with Crippen molar-refractivity contribution in [2.75, 3.05) is 0 Å². The minimum atomic E-state index is -0.614. The van der Waals surface area contributed by atoms with Gasteiger partial charge in [-0.1, -0.05) is 6.08 Å². The van der Waals surface area contributed by atoms with Crippen molar-refractivity contribution in [1.29, 1.82) is 0 Å². The number of allylic oxidation sites excluding steroid dienone is 2. The Bertz CT molecular complexity index is 230. The van der Waals surface area contributed by atoms with E-state index in [1.54, 1.807) is 0 Å². The van der Waals surface area contributed by atoms with Crippen LogP contribution in [0.4, 0.5) is 4.79 Å². The molecule has 0 fully saturated rings. The van der Waals surface area contributed by atoms with E-state index in [1.165, 1.54) is 0 Å². The van der Waals surface area contributed by atoms with Crippen LogP contribution in [0.2, 0.25) is 0 Å². The third-order valence-corrected chi connectivity index (χ3v) is 1.59. The smallest absolute Gasteiger partial charge is 0.332 e. The van der Waals surface area contributed by atoms with Gasteiger partial charge in [0.15, 0.2) is 0 Å². The molecular formula is C7H11N3O. The van der Waals surface area contributed by atoms with Crippen LogP contribution >= 0.6 is 0 Å². The van der Waals surface area contributed by atoms with E-state index in [9.17, 15) is 4.79 Å². The van der Waals surface area contributed by atoms with Gasteiger partial charge in [0.05, 0.1) is 5.71 Å². The van der Waals surface area contributed by atoms with Crippen molar-refractivity contribution in [2.45, 2.75) is 19.8 Å². The van der Waals surface area contributed by atoms with Gasteiger partial charge in [0, 0.05) is 0 Å². The molecule has 0 aromatic carbocycles. The van der Waals surface area contributed by atoms with E-state index >= 15 is 0 Å². The van der Waals surface area contributed by atoms with Gasteiger partial charge < -0.3 is 5.73 Å². The topological polar surface area (TPSA) is 67.5 Å². The molecular weight excluding hydrogens is 142 g/mol. The molecule has 3 N–H and O–H groups in total. The molecule has 1 rings (SSSR count). The maximum Gasteiger partial charge on any atom is 0.332 e. The number of nitrogens with two attached hydrogens (primary N) is 1. The lowest BCUT2D eigenvalue weighted by Crippen LogP contribution is -2.25. The quantitative estimate of drug-likeness (QED) is 0.536. The van der Waals surface area contributed by atoms with Crippen molar-refractivity contribution < 1.29 is 4.79 Å². The third kappa shape index (κ3) is 2.07. The minimum Gasteiger partial charge on any atom is -0.350 e. The molecule has 0 aromatic heterocycles. The van der Waals surface area contributed by atoms with Gasteiger partial charge in [0.1, 0.15) is 0 Å². The molecule has 0 bridgehead atoms. The second-order valence-electron chi connectivity index (χ2n) is 2.46. The molecule has 0 saturated carbocycles. The number of rotatable bonds is 1. The summed E-state index contributed by atoms with van der Waals surface area (Å²) in [5.41, 5.74) is 9.09. The van der Waals surface area contributed by atoms with Gasteiger partial charge >= 0.3 is 6.03 Å². The number of nitrogens with one attached hydrogen (secondary N) is 1. The van der Waals surface area contributed by atoms with Gasteiger partial charge in [-0.15, -0.1) is 0 Å². The third-order valence-electron chi connectivity index (χ3n) is 1.59. The van der Waals surface area contributed by atoms with E-state index in [1.807, 2.05) is 6.92 Å². The number of carbonyl (C=O) groups is 1. The van der Waals surface area contributed by atoms with Gasteiger partial charge in [-0.25, -0.2) is 10.2 Å². The summed E-state index contributed by atoms with van der Waals surface area (Å²) in [6, 6.07) is -0.614. The summed E-state index contributed by atoms with van der Waals surface area (Å²) in [4.78, 5) is 10.2. The van der Waals surface area contributed by atoms with Gasteiger partial charge in [-0.3, -0.25) is 0 Å². The van der Waals surface area contributed by atoms with Crippen LogP contribution in [0.5, 0.6) is 0 Å². The Balaban J connectivity index is 2.54. The van der Waals surface area contributed by atoms with Crippen LogP contribution in [0, 0.1) is 0 Å². The highest BCUT2D eigenvalue weighted by atomic mass is 16.2. The average molecular weight is 153 g/mol. The summed E-state index contributed by atoms with van der Waals surface area (Å²) in [6.07, 6.45) is 3.98. The summed E-state index contributed by atoms with van der Waals surface area (Å²) in [5, 5.41) is 3.83. The summed E-state index contributed by atoms with van der Waals surface area (Å²) < 4.78 is 0. The molecule has 0 unspecified atom stereocenters. The Kier molecular flexibility index (Phi) is 2.25. The van der Waals surface area contributed by atoms with Crippen molar-refractivity contribution >= 4 is 11.7 Å². The Morgan fingerprint density at radius 1 is 1.82 bits per heavy atom. The van der Waals surface area contributed by atoms with Crippen LogP contribution in [-0.4, -0.2) is 11.7 Å². The molecule has 1 aliphatic carbocycles. The SMILES string of the molecule is CC1=CCC/C1=N\NC(N)=O. The first kappa shape index (κ1) is 7.78. The fraction of sp³-hybridized carbons (Fsp3) is 0.429. The number of carbonyl (C=O) groups excluding carboxylic acids is 1. The number of hydrogen-bond acceptors (Lipinski definition) is 2. The van der Waals surface area contributed by atoms with Crippen LogP contribution in [0.25, 0.3) is 0 Å². The maximum absolute atomic E-state index is 10.2. The van der Waals surface area contributed by atoms with Crippen LogP contribution in [-0.2, 0) is 0 Å². The van der Waals surface area contributed by atoms with Crippen molar-refractivity contribution in [3.8, 4) is 0 Å². The molecule has 0 radical (unpaired) electrons. The van der Waals surface area contributed by atoms with Crippen molar-refractivity contribution in [3.05, 3.63) is 11.6 Å². The standard InChI is InChI=1S/C7H11N3O/c1-5-3-2-4-6(5)9-10-7(8)11/h3H,2,4H2,1H3,(H3,8,10,11)/b9-6+. The maximum atomic E-state index is 10.2. The van der Waals surface area contributed by atoms with E-state index in [-0.39, 0.29) is 0 Å². The minimum absolute atomic E-state index is 0.614. The molecule has 1 aliphatic rings. The largest absolute Gasteiger partial charge is 0.350 e. The summed E-state index contributed by atoms with van der Waals surface area (Å²) in [5.74, 6) is 0. The normalized spacial score (nSPS) is 20.1. The van der Waals surface area contributed by atoms with Gasteiger partial charge in [0.25, 0.3) is 0 Å². The Hall–Kier alpha value is -1.32. The fourth-order valence-electron chi connectivity index (χ4n) is 1.01. The Labute approximate surface area is 65.2 Å². The van der Waals surface area contributed by atoms with Crippen molar-refractivity contribution in [2.24, 2.45) is 10.8 Å². The lowest BCUT2D eigenvalue weighted by Gasteiger charge is -1.97. The zero-order chi connectivity index (χ0) is 8.27. The molecule has 0 aromatic rings. The first-order chi connectivity index (χ1) is 5.20. The van der Waals surface area contributed by atoms with E-state index in [2.05, 4.69) is 16.6 Å². The highest BCUT2D eigenvalue weighted by Gasteiger charge is 2.07. The number of amides is 2. The van der Waals surface area contributed by atoms with Crippen LogP contribution < -0.4 is 11.2 Å². The highest BCUT2D eigenvalue weighted by molar-refractivity contribution is 6.01. The van der Waals surface area contributed by atoms with E-state index < -0.39 is 6.03 Å². The van der Waals surface area contributed by atoms with Crippen LogP contribution in [0.1, 0.15) is 19.8 Å². The molecule has 0 atom stereocenters. The summed E-state index contributed by atoms with van der Waals surface area (Å²) >= 11 is 0. The van der Waals surface area contributed by atoms with Crippen molar-refractivity contribution in [3.63, 3.8) is 0 Å². The molecule has 0 saturated heterocycles. The fourth-order valence-corrected chi connectivity index (χ4v) is 1.01. The lowest BCUT2D eigenvalue weighted by molar-refractivity contribution is 0.249. The molecule has 2 amide bonds. The van der Waals surface area contributed by atoms with Crippen LogP contribution in [0.15, 0.2) is 16.8 Å². The van der Waals surface area contributed by atoms with Gasteiger partial charge in [-0.2, -0.15) is 5.10 Å². The number of hydrazone groups is 1. The van der Waals surface area contributed by atoms with Crippen LogP contribution in [0.3, 0.4) is 0 Å². The average Bonchev–Trinajstić information content (AvgIpc) is 2.31. The van der Waals surface area contributed by atoms with Gasteiger partial charge in [-0.05, 0) is 25.3 Å². The highest BCUT2D eigenvalue weighted by Crippen LogP contribution is 2.13. The molecule has 0 aliphatic heterocycles. The zero-order valence-electron chi connectivity index (χ0n) is 6.42. The zero-order valence-corrected chi connectivity index (χ0v) is 6.42. The Morgan fingerprint density at radius 2 is 2.55 bits per heavy atom.